The summed E-state index contributed by atoms with van der Waals surface area (Å²) < 4.78 is 14.1. The number of likely N-dealkylation sites (N-methyl/N-ethyl adjacent to an activating group) is 1. The molecule has 0 aliphatic heterocycles. The third kappa shape index (κ3) is 3.32. The summed E-state index contributed by atoms with van der Waals surface area (Å²) in [6.07, 6.45) is 1.57. The Morgan fingerprint density at radius 2 is 1.88 bits per heavy atom. The highest BCUT2D eigenvalue weighted by atomic mass is 19.1. The van der Waals surface area contributed by atoms with Gasteiger partial charge in [-0.2, -0.15) is 5.10 Å². The first-order valence-corrected chi connectivity index (χ1v) is 7.48. The van der Waals surface area contributed by atoms with Crippen LogP contribution in [0.3, 0.4) is 0 Å². The molecule has 0 fully saturated rings. The fourth-order valence-electron chi connectivity index (χ4n) is 2.44. The zero-order chi connectivity index (χ0) is 17.1. The maximum absolute atomic E-state index is 12.9. The van der Waals surface area contributed by atoms with E-state index >= 15 is 0 Å². The number of nitrogens with zero attached hydrogens (tertiary/aromatic N) is 3. The highest BCUT2D eigenvalue weighted by Crippen LogP contribution is 2.08. The number of benzene rings is 2. The van der Waals surface area contributed by atoms with Crippen LogP contribution in [0, 0.1) is 5.82 Å². The van der Waals surface area contributed by atoms with E-state index in [0.29, 0.717) is 11.9 Å². The van der Waals surface area contributed by atoms with Crippen molar-refractivity contribution in [2.24, 2.45) is 0 Å². The van der Waals surface area contributed by atoms with Crippen molar-refractivity contribution in [2.75, 3.05) is 7.05 Å². The molecule has 122 valence electrons. The Hall–Kier alpha value is -3.02. The van der Waals surface area contributed by atoms with E-state index in [1.807, 2.05) is 6.07 Å². The Kier molecular flexibility index (Phi) is 4.37. The molecule has 0 atom stereocenters. The van der Waals surface area contributed by atoms with Gasteiger partial charge in [0.15, 0.2) is 0 Å². The summed E-state index contributed by atoms with van der Waals surface area (Å²) in [5, 5.41) is 5.33. The van der Waals surface area contributed by atoms with Gasteiger partial charge in [-0.05, 0) is 23.8 Å². The fraction of sp³-hybridized carbons (Fsp3) is 0.167. The van der Waals surface area contributed by atoms with E-state index in [0.717, 1.165) is 15.6 Å². The van der Waals surface area contributed by atoms with Crippen LogP contribution in [0.2, 0.25) is 0 Å². The summed E-state index contributed by atoms with van der Waals surface area (Å²) in [6.45, 7) is 0.197. The molecule has 0 saturated heterocycles. The molecular weight excluding hydrogens is 309 g/mol. The average Bonchev–Trinajstić information content (AvgIpc) is 2.59. The lowest BCUT2D eigenvalue weighted by atomic mass is 10.2. The minimum Gasteiger partial charge on any atom is -0.340 e. The normalized spacial score (nSPS) is 10.8. The minimum atomic E-state index is -0.320. The average molecular weight is 325 g/mol. The van der Waals surface area contributed by atoms with E-state index in [1.165, 1.54) is 17.0 Å². The van der Waals surface area contributed by atoms with Gasteiger partial charge < -0.3 is 4.90 Å². The van der Waals surface area contributed by atoms with Crippen LogP contribution in [0.15, 0.2) is 59.5 Å². The second-order valence-corrected chi connectivity index (χ2v) is 5.57. The van der Waals surface area contributed by atoms with Crippen LogP contribution >= 0.6 is 0 Å². The third-order valence-corrected chi connectivity index (χ3v) is 3.81. The quantitative estimate of drug-likeness (QED) is 0.739. The van der Waals surface area contributed by atoms with Gasteiger partial charge in [-0.1, -0.05) is 30.3 Å². The summed E-state index contributed by atoms with van der Waals surface area (Å²) in [4.78, 5) is 26.2. The minimum absolute atomic E-state index is 0.138. The highest BCUT2D eigenvalue weighted by molar-refractivity contribution is 5.81. The SMILES string of the molecule is CN(Cc1ccc(F)cc1)C(=O)Cn1ncc2ccccc2c1=O. The summed E-state index contributed by atoms with van der Waals surface area (Å²) in [7, 11) is 1.64. The van der Waals surface area contributed by atoms with Crippen molar-refractivity contribution in [2.45, 2.75) is 13.1 Å². The number of hydrogen-bond donors (Lipinski definition) is 0. The maximum Gasteiger partial charge on any atom is 0.275 e. The monoisotopic (exact) mass is 325 g/mol. The van der Waals surface area contributed by atoms with Gasteiger partial charge in [-0.3, -0.25) is 9.59 Å². The molecule has 1 aromatic heterocycles. The summed E-state index contributed by atoms with van der Waals surface area (Å²) in [5.41, 5.74) is 0.516. The van der Waals surface area contributed by atoms with E-state index in [-0.39, 0.29) is 23.8 Å². The van der Waals surface area contributed by atoms with Crippen LogP contribution in [-0.4, -0.2) is 27.6 Å². The molecule has 0 unspecified atom stereocenters. The summed E-state index contributed by atoms with van der Waals surface area (Å²) in [5.74, 6) is -0.566. The molecule has 3 rings (SSSR count). The smallest absolute Gasteiger partial charge is 0.275 e. The van der Waals surface area contributed by atoms with E-state index in [2.05, 4.69) is 5.10 Å². The second kappa shape index (κ2) is 6.62. The number of amides is 1. The molecule has 0 bridgehead atoms. The molecule has 0 saturated carbocycles. The molecule has 6 heteroatoms. The first-order chi connectivity index (χ1) is 11.5. The van der Waals surface area contributed by atoms with Gasteiger partial charge in [-0.25, -0.2) is 9.07 Å². The molecule has 0 aliphatic carbocycles. The molecular formula is C18H16FN3O2. The zero-order valence-corrected chi connectivity index (χ0v) is 13.1. The van der Waals surface area contributed by atoms with Crippen molar-refractivity contribution >= 4 is 16.7 Å². The van der Waals surface area contributed by atoms with E-state index < -0.39 is 0 Å². The van der Waals surface area contributed by atoms with Gasteiger partial charge in [0.1, 0.15) is 12.4 Å². The van der Waals surface area contributed by atoms with Crippen molar-refractivity contribution in [1.29, 1.82) is 0 Å². The maximum atomic E-state index is 12.9. The van der Waals surface area contributed by atoms with E-state index in [1.54, 1.807) is 43.6 Å². The van der Waals surface area contributed by atoms with Gasteiger partial charge in [0, 0.05) is 19.0 Å². The number of rotatable bonds is 4. The summed E-state index contributed by atoms with van der Waals surface area (Å²) >= 11 is 0. The van der Waals surface area contributed by atoms with Gasteiger partial charge in [0.25, 0.3) is 5.56 Å². The lowest BCUT2D eigenvalue weighted by molar-refractivity contribution is -0.131. The van der Waals surface area contributed by atoms with Gasteiger partial charge >= 0.3 is 0 Å². The van der Waals surface area contributed by atoms with Crippen molar-refractivity contribution < 1.29 is 9.18 Å². The van der Waals surface area contributed by atoms with E-state index in [9.17, 15) is 14.0 Å². The molecule has 0 N–H and O–H groups in total. The van der Waals surface area contributed by atoms with Gasteiger partial charge in [-0.15, -0.1) is 0 Å². The van der Waals surface area contributed by atoms with Gasteiger partial charge in [0.05, 0.1) is 11.6 Å². The molecule has 24 heavy (non-hydrogen) atoms. The van der Waals surface area contributed by atoms with Gasteiger partial charge in [0.2, 0.25) is 5.91 Å². The standard InChI is InChI=1S/C18H16FN3O2/c1-21(11-13-6-8-15(19)9-7-13)17(23)12-22-18(24)16-5-3-2-4-14(16)10-20-22/h2-10H,11-12H2,1H3. The number of carbonyl (C=O) groups is 1. The molecule has 2 aromatic carbocycles. The number of carbonyl (C=O) groups excluding carboxylic acids is 1. The van der Waals surface area contributed by atoms with E-state index in [4.69, 9.17) is 0 Å². The van der Waals surface area contributed by atoms with Crippen LogP contribution in [0.4, 0.5) is 4.39 Å². The third-order valence-electron chi connectivity index (χ3n) is 3.81. The largest absolute Gasteiger partial charge is 0.340 e. The number of aromatic nitrogens is 2. The molecule has 1 amide bonds. The Labute approximate surface area is 137 Å². The Morgan fingerprint density at radius 1 is 1.17 bits per heavy atom. The molecule has 0 radical (unpaired) electrons. The second-order valence-electron chi connectivity index (χ2n) is 5.57. The Balaban J connectivity index is 1.75. The molecule has 5 nitrogen and oxygen atoms in total. The topological polar surface area (TPSA) is 55.2 Å². The zero-order valence-electron chi connectivity index (χ0n) is 13.1. The first-order valence-electron chi connectivity index (χ1n) is 7.48. The Morgan fingerprint density at radius 3 is 2.62 bits per heavy atom. The highest BCUT2D eigenvalue weighted by Gasteiger charge is 2.13. The molecule has 0 aliphatic rings. The molecule has 3 aromatic rings. The molecule has 0 spiro atoms. The molecule has 1 heterocycles. The predicted octanol–water partition coefficient (Wildman–Crippen LogP) is 2.19. The van der Waals surface area contributed by atoms with Crippen LogP contribution < -0.4 is 5.56 Å². The van der Waals surface area contributed by atoms with Crippen LogP contribution in [-0.2, 0) is 17.9 Å². The van der Waals surface area contributed by atoms with Crippen molar-refractivity contribution in [3.8, 4) is 0 Å². The van der Waals surface area contributed by atoms with Crippen LogP contribution in [0.5, 0.6) is 0 Å². The first kappa shape index (κ1) is 15.9. The van der Waals surface area contributed by atoms with Crippen LogP contribution in [0.1, 0.15) is 5.56 Å². The number of hydrogen-bond acceptors (Lipinski definition) is 3. The van der Waals surface area contributed by atoms with Crippen LogP contribution in [0.25, 0.3) is 10.8 Å². The number of halogens is 1. The fourth-order valence-corrected chi connectivity index (χ4v) is 2.44. The predicted molar refractivity (Wildman–Crippen MR) is 88.9 cm³/mol. The Bertz CT molecular complexity index is 935. The number of fused-ring (bicyclic) bond motifs is 1. The lowest BCUT2D eigenvalue weighted by Gasteiger charge is -2.17. The summed E-state index contributed by atoms with van der Waals surface area (Å²) in [6, 6.07) is 13.1. The van der Waals surface area contributed by atoms with Crippen molar-refractivity contribution in [3.63, 3.8) is 0 Å². The lowest BCUT2D eigenvalue weighted by Crippen LogP contribution is -2.34. The van der Waals surface area contributed by atoms with Crippen molar-refractivity contribution in [3.05, 3.63) is 76.5 Å². The van der Waals surface area contributed by atoms with Crippen molar-refractivity contribution in [1.82, 2.24) is 14.7 Å².